The summed E-state index contributed by atoms with van der Waals surface area (Å²) < 4.78 is 13.4. The minimum absolute atomic E-state index is 0.0542. The van der Waals surface area contributed by atoms with Crippen LogP contribution in [0, 0.1) is 5.82 Å². The molecule has 4 rings (SSSR count). The number of rotatable bonds is 3. The van der Waals surface area contributed by atoms with Crippen molar-refractivity contribution in [3.63, 3.8) is 0 Å². The number of halogens is 1. The van der Waals surface area contributed by atoms with Crippen LogP contribution in [0.25, 0.3) is 22.5 Å². The molecule has 0 unspecified atom stereocenters. The largest absolute Gasteiger partial charge is 0.348 e. The first kappa shape index (κ1) is 17.2. The van der Waals surface area contributed by atoms with Gasteiger partial charge in [-0.3, -0.25) is 4.98 Å². The maximum atomic E-state index is 13.4. The molecule has 7 heteroatoms. The zero-order valence-electron chi connectivity index (χ0n) is 14.9. The summed E-state index contributed by atoms with van der Waals surface area (Å²) >= 11 is 0. The summed E-state index contributed by atoms with van der Waals surface area (Å²) in [5.74, 6) is 0.805. The Morgan fingerprint density at radius 1 is 1.26 bits per heavy atom. The van der Waals surface area contributed by atoms with E-state index in [1.54, 1.807) is 24.2 Å². The van der Waals surface area contributed by atoms with Gasteiger partial charge in [-0.2, -0.15) is 0 Å². The number of imidazole rings is 1. The highest BCUT2D eigenvalue weighted by Crippen LogP contribution is 2.28. The fraction of sp³-hybridized carbons (Fsp3) is 0.250. The molecule has 0 saturated carbocycles. The van der Waals surface area contributed by atoms with Crippen molar-refractivity contribution in [1.29, 1.82) is 0 Å². The number of pyridine rings is 1. The van der Waals surface area contributed by atoms with Crippen molar-refractivity contribution in [1.82, 2.24) is 25.2 Å². The summed E-state index contributed by atoms with van der Waals surface area (Å²) in [6.07, 6.45) is 4.49. The summed E-state index contributed by atoms with van der Waals surface area (Å²) in [7, 11) is 1.64. The Labute approximate surface area is 156 Å². The molecule has 1 fully saturated rings. The number of likely N-dealkylation sites (tertiary alicyclic amines) is 1. The number of nitrogens with one attached hydrogen (secondary N) is 2. The summed E-state index contributed by atoms with van der Waals surface area (Å²) in [5, 5.41) is 2.66. The standard InChI is InChI=1S/C20H20FN5O/c1-22-20(27)26-8-7-15(12-26)19-24-11-18(25-19)14-5-6-17(23-10-14)13-3-2-4-16(21)9-13/h2-6,9-11,15H,7-8,12H2,1H3,(H,22,27)(H,24,25)/t15-/m0/s1. The van der Waals surface area contributed by atoms with Gasteiger partial charge in [0.1, 0.15) is 11.6 Å². The van der Waals surface area contributed by atoms with Gasteiger partial charge < -0.3 is 15.2 Å². The zero-order valence-corrected chi connectivity index (χ0v) is 14.9. The van der Waals surface area contributed by atoms with E-state index < -0.39 is 0 Å². The summed E-state index contributed by atoms with van der Waals surface area (Å²) in [6, 6.07) is 10.1. The smallest absolute Gasteiger partial charge is 0.317 e. The average Bonchev–Trinajstić information content (AvgIpc) is 3.37. The number of nitrogens with zero attached hydrogens (tertiary/aromatic N) is 3. The monoisotopic (exact) mass is 365 g/mol. The van der Waals surface area contributed by atoms with Crippen molar-refractivity contribution in [3.8, 4) is 22.5 Å². The lowest BCUT2D eigenvalue weighted by Gasteiger charge is -2.14. The maximum Gasteiger partial charge on any atom is 0.317 e. The lowest BCUT2D eigenvalue weighted by molar-refractivity contribution is 0.210. The van der Waals surface area contributed by atoms with Crippen molar-refractivity contribution in [3.05, 3.63) is 60.4 Å². The molecule has 0 spiro atoms. The van der Waals surface area contributed by atoms with E-state index in [0.717, 1.165) is 35.6 Å². The van der Waals surface area contributed by atoms with Crippen LogP contribution < -0.4 is 5.32 Å². The Morgan fingerprint density at radius 2 is 2.15 bits per heavy atom. The molecular formula is C20H20FN5O. The second-order valence-corrected chi connectivity index (χ2v) is 6.60. The van der Waals surface area contributed by atoms with Crippen molar-refractivity contribution >= 4 is 6.03 Å². The topological polar surface area (TPSA) is 73.9 Å². The minimum Gasteiger partial charge on any atom is -0.348 e. The Balaban J connectivity index is 1.50. The first-order chi connectivity index (χ1) is 13.1. The van der Waals surface area contributed by atoms with E-state index in [9.17, 15) is 9.18 Å². The van der Waals surface area contributed by atoms with Gasteiger partial charge in [0.15, 0.2) is 0 Å². The molecule has 3 aromatic rings. The number of aromatic nitrogens is 3. The number of H-pyrrole nitrogens is 1. The molecule has 1 atom stereocenters. The van der Waals surface area contributed by atoms with Crippen LogP contribution in [0.5, 0.6) is 0 Å². The lowest BCUT2D eigenvalue weighted by atomic mass is 10.1. The van der Waals surface area contributed by atoms with Gasteiger partial charge in [0.25, 0.3) is 0 Å². The van der Waals surface area contributed by atoms with E-state index in [0.29, 0.717) is 12.2 Å². The number of carbonyl (C=O) groups excluding carboxylic acids is 1. The highest BCUT2D eigenvalue weighted by molar-refractivity contribution is 5.74. The molecule has 0 aliphatic carbocycles. The summed E-state index contributed by atoms with van der Waals surface area (Å²) in [6.45, 7) is 1.38. The van der Waals surface area contributed by atoms with Gasteiger partial charge >= 0.3 is 6.03 Å². The zero-order chi connectivity index (χ0) is 18.8. The molecule has 138 valence electrons. The SMILES string of the molecule is CNC(=O)N1CC[C@H](c2nc(-c3ccc(-c4cccc(F)c4)nc3)c[nH]2)C1. The van der Waals surface area contributed by atoms with Crippen molar-refractivity contribution in [2.75, 3.05) is 20.1 Å². The molecular weight excluding hydrogens is 345 g/mol. The molecule has 6 nitrogen and oxygen atoms in total. The highest BCUT2D eigenvalue weighted by atomic mass is 19.1. The third kappa shape index (κ3) is 3.53. The van der Waals surface area contributed by atoms with Crippen LogP contribution in [0.1, 0.15) is 18.2 Å². The number of urea groups is 1. The number of aromatic amines is 1. The fourth-order valence-corrected chi connectivity index (χ4v) is 3.38. The molecule has 1 aliphatic rings. The maximum absolute atomic E-state index is 13.4. The third-order valence-corrected chi connectivity index (χ3v) is 4.85. The van der Waals surface area contributed by atoms with Crippen LogP contribution in [-0.4, -0.2) is 46.0 Å². The van der Waals surface area contributed by atoms with E-state index in [1.165, 1.54) is 12.1 Å². The molecule has 2 N–H and O–H groups in total. The van der Waals surface area contributed by atoms with Crippen LogP contribution in [0.4, 0.5) is 9.18 Å². The quantitative estimate of drug-likeness (QED) is 0.747. The Kier molecular flexibility index (Phi) is 4.58. The second-order valence-electron chi connectivity index (χ2n) is 6.60. The van der Waals surface area contributed by atoms with Gasteiger partial charge in [0.2, 0.25) is 0 Å². The molecule has 3 heterocycles. The molecule has 2 aromatic heterocycles. The predicted molar refractivity (Wildman–Crippen MR) is 101 cm³/mol. The van der Waals surface area contributed by atoms with Gasteiger partial charge in [0.05, 0.1) is 11.4 Å². The van der Waals surface area contributed by atoms with E-state index >= 15 is 0 Å². The van der Waals surface area contributed by atoms with Gasteiger partial charge in [-0.25, -0.2) is 14.2 Å². The van der Waals surface area contributed by atoms with E-state index in [1.807, 2.05) is 24.4 Å². The Hall–Kier alpha value is -3.22. The molecule has 0 radical (unpaired) electrons. The number of hydrogen-bond donors (Lipinski definition) is 2. The van der Waals surface area contributed by atoms with Gasteiger partial charge in [0, 0.05) is 49.6 Å². The van der Waals surface area contributed by atoms with Gasteiger partial charge in [-0.15, -0.1) is 0 Å². The number of carbonyl (C=O) groups is 1. The summed E-state index contributed by atoms with van der Waals surface area (Å²) in [5.41, 5.74) is 3.15. The van der Waals surface area contributed by atoms with E-state index in [4.69, 9.17) is 0 Å². The van der Waals surface area contributed by atoms with Crippen molar-refractivity contribution in [2.45, 2.75) is 12.3 Å². The molecule has 1 saturated heterocycles. The minimum atomic E-state index is -0.280. The van der Waals surface area contributed by atoms with E-state index in [-0.39, 0.29) is 17.8 Å². The Morgan fingerprint density at radius 3 is 2.89 bits per heavy atom. The van der Waals surface area contributed by atoms with Gasteiger partial charge in [-0.1, -0.05) is 12.1 Å². The second kappa shape index (κ2) is 7.19. The first-order valence-electron chi connectivity index (χ1n) is 8.88. The lowest BCUT2D eigenvalue weighted by Crippen LogP contribution is -2.36. The number of amides is 2. The van der Waals surface area contributed by atoms with E-state index in [2.05, 4.69) is 20.3 Å². The van der Waals surface area contributed by atoms with Crippen LogP contribution in [0.3, 0.4) is 0 Å². The number of benzene rings is 1. The average molecular weight is 365 g/mol. The third-order valence-electron chi connectivity index (χ3n) is 4.85. The molecule has 1 aliphatic heterocycles. The molecule has 27 heavy (non-hydrogen) atoms. The molecule has 1 aromatic carbocycles. The van der Waals surface area contributed by atoms with Crippen molar-refractivity contribution < 1.29 is 9.18 Å². The normalized spacial score (nSPS) is 16.5. The number of hydrogen-bond acceptors (Lipinski definition) is 3. The van der Waals surface area contributed by atoms with Gasteiger partial charge in [-0.05, 0) is 30.7 Å². The summed E-state index contributed by atoms with van der Waals surface area (Å²) in [4.78, 5) is 25.9. The van der Waals surface area contributed by atoms with Crippen LogP contribution in [0.15, 0.2) is 48.8 Å². The van der Waals surface area contributed by atoms with Crippen LogP contribution in [-0.2, 0) is 0 Å². The molecule has 0 bridgehead atoms. The Bertz CT molecular complexity index is 953. The highest BCUT2D eigenvalue weighted by Gasteiger charge is 2.28. The fourth-order valence-electron chi connectivity index (χ4n) is 3.38. The van der Waals surface area contributed by atoms with Crippen LogP contribution in [0.2, 0.25) is 0 Å². The van der Waals surface area contributed by atoms with Crippen LogP contribution >= 0.6 is 0 Å². The molecule has 2 amide bonds. The van der Waals surface area contributed by atoms with Crippen molar-refractivity contribution in [2.24, 2.45) is 0 Å². The predicted octanol–water partition coefficient (Wildman–Crippen LogP) is 3.41. The first-order valence-corrected chi connectivity index (χ1v) is 8.88.